The number of nitro benzene ring substituents is 2. The molecule has 4 aromatic carbocycles. The summed E-state index contributed by atoms with van der Waals surface area (Å²) >= 11 is 0. The van der Waals surface area contributed by atoms with Crippen LogP contribution in [0, 0.1) is 20.2 Å². The van der Waals surface area contributed by atoms with Gasteiger partial charge in [0.25, 0.3) is 11.4 Å². The Morgan fingerprint density at radius 2 is 0.923 bits per heavy atom. The average Bonchev–Trinajstić information content (AvgIpc) is 2.95. The lowest BCUT2D eigenvalue weighted by Gasteiger charge is -2.23. The van der Waals surface area contributed by atoms with Crippen molar-refractivity contribution in [1.82, 2.24) is 15.0 Å². The van der Waals surface area contributed by atoms with Crippen LogP contribution in [0.2, 0.25) is 0 Å². The second kappa shape index (κ2) is 11.0. The van der Waals surface area contributed by atoms with Crippen molar-refractivity contribution < 1.29 is 9.85 Å². The van der Waals surface area contributed by atoms with Gasteiger partial charge < -0.3 is 10.6 Å². The average molecular weight is 521 g/mol. The van der Waals surface area contributed by atoms with Gasteiger partial charge in [-0.1, -0.05) is 60.7 Å². The summed E-state index contributed by atoms with van der Waals surface area (Å²) in [4.78, 5) is 37.5. The van der Waals surface area contributed by atoms with Gasteiger partial charge in [0.1, 0.15) is 11.4 Å². The lowest BCUT2D eigenvalue weighted by atomic mass is 10.2. The Labute approximate surface area is 221 Å². The van der Waals surface area contributed by atoms with Crippen LogP contribution in [0.5, 0.6) is 0 Å². The molecule has 0 unspecified atom stereocenters. The summed E-state index contributed by atoms with van der Waals surface area (Å²) in [6, 6.07) is 30.9. The van der Waals surface area contributed by atoms with E-state index >= 15 is 0 Å². The monoisotopic (exact) mass is 520 g/mol. The van der Waals surface area contributed by atoms with E-state index in [9.17, 15) is 20.2 Å². The summed E-state index contributed by atoms with van der Waals surface area (Å²) in [5, 5.41) is 29.0. The standard InChI is InChI=1S/C27H20N8O4/c36-34(37)23-17-9-7-15-21(23)28-25-30-26(29-22-16-8-10-18-24(22)35(38)39)32-27(31-25)33(19-11-3-1-4-12-19)20-13-5-2-6-14-20/h1-18H,(H2,28,29,30,31,32). The molecule has 192 valence electrons. The summed E-state index contributed by atoms with van der Waals surface area (Å²) in [6.45, 7) is 0. The molecule has 1 aromatic heterocycles. The third kappa shape index (κ3) is 5.59. The van der Waals surface area contributed by atoms with E-state index in [0.717, 1.165) is 11.4 Å². The number of nitrogens with zero attached hydrogens (tertiary/aromatic N) is 6. The molecule has 39 heavy (non-hydrogen) atoms. The SMILES string of the molecule is O=[N+]([O-])c1ccccc1Nc1nc(Nc2ccccc2[N+](=O)[O-])nc(N(c2ccccc2)c2ccccc2)n1. The second-order valence-electron chi connectivity index (χ2n) is 8.09. The number of hydrogen-bond donors (Lipinski definition) is 2. The number of rotatable bonds is 9. The van der Waals surface area contributed by atoms with Gasteiger partial charge in [-0.05, 0) is 36.4 Å². The van der Waals surface area contributed by atoms with Gasteiger partial charge in [-0.3, -0.25) is 25.1 Å². The summed E-state index contributed by atoms with van der Waals surface area (Å²) in [5.74, 6) is 0.157. The smallest absolute Gasteiger partial charge is 0.292 e. The normalized spacial score (nSPS) is 10.5. The molecule has 0 amide bonds. The number of nitro groups is 2. The molecule has 0 radical (unpaired) electrons. The quantitative estimate of drug-likeness (QED) is 0.160. The Balaban J connectivity index is 1.66. The fourth-order valence-electron chi connectivity index (χ4n) is 3.83. The molecular weight excluding hydrogens is 500 g/mol. The maximum atomic E-state index is 11.6. The van der Waals surface area contributed by atoms with E-state index in [2.05, 4.69) is 25.6 Å². The Morgan fingerprint density at radius 1 is 0.538 bits per heavy atom. The van der Waals surface area contributed by atoms with Crippen LogP contribution in [0.4, 0.5) is 52.0 Å². The first-order valence-corrected chi connectivity index (χ1v) is 11.7. The fourth-order valence-corrected chi connectivity index (χ4v) is 3.83. The number of para-hydroxylation sites is 6. The summed E-state index contributed by atoms with van der Waals surface area (Å²) < 4.78 is 0. The molecule has 12 nitrogen and oxygen atoms in total. The van der Waals surface area contributed by atoms with E-state index < -0.39 is 9.85 Å². The number of aromatic nitrogens is 3. The van der Waals surface area contributed by atoms with Crippen LogP contribution >= 0.6 is 0 Å². The Kier molecular flexibility index (Phi) is 6.99. The molecule has 1 heterocycles. The second-order valence-corrected chi connectivity index (χ2v) is 8.09. The van der Waals surface area contributed by atoms with Crippen LogP contribution in [0.1, 0.15) is 0 Å². The van der Waals surface area contributed by atoms with Crippen molar-refractivity contribution in [2.45, 2.75) is 0 Å². The van der Waals surface area contributed by atoms with Crippen molar-refractivity contribution in [2.75, 3.05) is 15.5 Å². The molecule has 0 aliphatic rings. The first-order chi connectivity index (χ1) is 19.0. The van der Waals surface area contributed by atoms with Gasteiger partial charge in [0.15, 0.2) is 0 Å². The third-order valence-electron chi connectivity index (χ3n) is 5.55. The minimum atomic E-state index is -0.517. The highest BCUT2D eigenvalue weighted by Gasteiger charge is 2.21. The van der Waals surface area contributed by atoms with Gasteiger partial charge in [-0.15, -0.1) is 0 Å². The van der Waals surface area contributed by atoms with E-state index in [4.69, 9.17) is 0 Å². The van der Waals surface area contributed by atoms with E-state index in [1.165, 1.54) is 24.3 Å². The van der Waals surface area contributed by atoms with Crippen LogP contribution in [-0.4, -0.2) is 24.8 Å². The predicted molar refractivity (Wildman–Crippen MR) is 147 cm³/mol. The van der Waals surface area contributed by atoms with E-state index in [-0.39, 0.29) is 40.6 Å². The first-order valence-electron chi connectivity index (χ1n) is 11.7. The molecule has 0 atom stereocenters. The molecule has 0 saturated heterocycles. The van der Waals surface area contributed by atoms with E-state index in [1.54, 1.807) is 29.2 Å². The van der Waals surface area contributed by atoms with Gasteiger partial charge >= 0.3 is 0 Å². The van der Waals surface area contributed by atoms with E-state index in [0.29, 0.717) is 0 Å². The van der Waals surface area contributed by atoms with Crippen molar-refractivity contribution in [3.8, 4) is 0 Å². The highest BCUT2D eigenvalue weighted by atomic mass is 16.6. The van der Waals surface area contributed by atoms with Crippen LogP contribution < -0.4 is 15.5 Å². The zero-order chi connectivity index (χ0) is 27.2. The van der Waals surface area contributed by atoms with Gasteiger partial charge in [0.05, 0.1) is 9.85 Å². The van der Waals surface area contributed by atoms with Crippen LogP contribution in [0.3, 0.4) is 0 Å². The molecule has 0 fully saturated rings. The molecule has 0 saturated carbocycles. The van der Waals surface area contributed by atoms with Gasteiger partial charge in [-0.2, -0.15) is 15.0 Å². The molecule has 12 heteroatoms. The largest absolute Gasteiger partial charge is 0.318 e. The number of nitrogens with one attached hydrogen (secondary N) is 2. The fraction of sp³-hybridized carbons (Fsp3) is 0. The molecular formula is C27H20N8O4. The zero-order valence-electron chi connectivity index (χ0n) is 20.2. The Morgan fingerprint density at radius 3 is 1.33 bits per heavy atom. The Hall–Kier alpha value is -5.91. The third-order valence-corrected chi connectivity index (χ3v) is 5.55. The lowest BCUT2D eigenvalue weighted by Crippen LogP contribution is -2.16. The molecule has 0 spiro atoms. The summed E-state index contributed by atoms with van der Waals surface area (Å²) in [7, 11) is 0. The molecule has 5 aromatic rings. The molecule has 5 rings (SSSR count). The topological polar surface area (TPSA) is 152 Å². The highest BCUT2D eigenvalue weighted by Crippen LogP contribution is 2.34. The molecule has 0 bridgehead atoms. The van der Waals surface area contributed by atoms with Gasteiger partial charge in [0.2, 0.25) is 17.8 Å². The highest BCUT2D eigenvalue weighted by molar-refractivity contribution is 5.75. The van der Waals surface area contributed by atoms with Crippen LogP contribution in [-0.2, 0) is 0 Å². The minimum Gasteiger partial charge on any atom is -0.318 e. The number of benzene rings is 4. The Bertz CT molecular complexity index is 1520. The molecule has 2 N–H and O–H groups in total. The van der Waals surface area contributed by atoms with Crippen molar-refractivity contribution in [1.29, 1.82) is 0 Å². The minimum absolute atomic E-state index is 0.00718. The van der Waals surface area contributed by atoms with Crippen molar-refractivity contribution in [3.05, 3.63) is 129 Å². The number of anilines is 7. The van der Waals surface area contributed by atoms with Crippen LogP contribution in [0.25, 0.3) is 0 Å². The zero-order valence-corrected chi connectivity index (χ0v) is 20.2. The molecule has 0 aliphatic carbocycles. The maximum absolute atomic E-state index is 11.6. The number of hydrogen-bond acceptors (Lipinski definition) is 10. The van der Waals surface area contributed by atoms with Crippen molar-refractivity contribution >= 4 is 52.0 Å². The lowest BCUT2D eigenvalue weighted by molar-refractivity contribution is -0.384. The maximum Gasteiger partial charge on any atom is 0.292 e. The van der Waals surface area contributed by atoms with Gasteiger partial charge in [0, 0.05) is 23.5 Å². The molecule has 0 aliphatic heterocycles. The van der Waals surface area contributed by atoms with Crippen molar-refractivity contribution in [2.24, 2.45) is 0 Å². The predicted octanol–water partition coefficient (Wildman–Crippen LogP) is 6.65. The first kappa shape index (κ1) is 24.8. The summed E-state index contributed by atoms with van der Waals surface area (Å²) in [5.41, 5.74) is 1.47. The van der Waals surface area contributed by atoms with Gasteiger partial charge in [-0.25, -0.2) is 0 Å². The van der Waals surface area contributed by atoms with Crippen molar-refractivity contribution in [3.63, 3.8) is 0 Å². The van der Waals surface area contributed by atoms with E-state index in [1.807, 2.05) is 60.7 Å². The summed E-state index contributed by atoms with van der Waals surface area (Å²) in [6.07, 6.45) is 0. The van der Waals surface area contributed by atoms with Crippen LogP contribution in [0.15, 0.2) is 109 Å².